The maximum absolute atomic E-state index is 6.19. The van der Waals surface area contributed by atoms with Gasteiger partial charge in [0.1, 0.15) is 0 Å². The van der Waals surface area contributed by atoms with E-state index in [0.717, 1.165) is 44.6 Å². The first-order valence-electron chi connectivity index (χ1n) is 12.8. The largest absolute Gasteiger partial charge is 0.264 e. The van der Waals surface area contributed by atoms with Crippen LogP contribution in [0.4, 0.5) is 0 Å². The normalized spacial score (nSPS) is 11.2. The van der Waals surface area contributed by atoms with Crippen molar-refractivity contribution in [2.75, 3.05) is 0 Å². The summed E-state index contributed by atoms with van der Waals surface area (Å²) in [5.41, 5.74) is 6.82. The van der Waals surface area contributed by atoms with Crippen LogP contribution in [0.25, 0.3) is 66.6 Å². The van der Waals surface area contributed by atoms with Crippen molar-refractivity contribution in [2.45, 2.75) is 0 Å². The first-order chi connectivity index (χ1) is 19.2. The lowest BCUT2D eigenvalue weighted by Crippen LogP contribution is -1.96. The van der Waals surface area contributed by atoms with E-state index >= 15 is 0 Å². The van der Waals surface area contributed by atoms with E-state index in [0.29, 0.717) is 10.8 Å². The fourth-order valence-electron chi connectivity index (χ4n) is 5.04. The fraction of sp³-hybridized carbons (Fsp3) is 0. The number of halogens is 1. The third-order valence-corrected chi connectivity index (χ3v) is 7.27. The molecule has 2 heterocycles. The Kier molecular flexibility index (Phi) is 5.84. The van der Waals surface area contributed by atoms with Gasteiger partial charge in [-0.25, -0.2) is 9.97 Å². The maximum Gasteiger partial charge on any atom is 0.160 e. The summed E-state index contributed by atoms with van der Waals surface area (Å²) in [4.78, 5) is 14.4. The van der Waals surface area contributed by atoms with E-state index in [9.17, 15) is 0 Å². The van der Waals surface area contributed by atoms with Crippen molar-refractivity contribution in [1.82, 2.24) is 15.0 Å². The average molecular weight is 520 g/mol. The van der Waals surface area contributed by atoms with Crippen LogP contribution < -0.4 is 0 Å². The topological polar surface area (TPSA) is 38.7 Å². The van der Waals surface area contributed by atoms with Gasteiger partial charge in [0.2, 0.25) is 0 Å². The smallest absolute Gasteiger partial charge is 0.160 e. The third kappa shape index (κ3) is 4.54. The van der Waals surface area contributed by atoms with Crippen molar-refractivity contribution < 1.29 is 0 Å². The highest BCUT2D eigenvalue weighted by Crippen LogP contribution is 2.33. The summed E-state index contributed by atoms with van der Waals surface area (Å²) < 4.78 is 0. The van der Waals surface area contributed by atoms with E-state index < -0.39 is 0 Å². The summed E-state index contributed by atoms with van der Waals surface area (Å²) in [5, 5.41) is 5.54. The van der Waals surface area contributed by atoms with E-state index in [-0.39, 0.29) is 0 Å². The number of nitrogens with zero attached hydrogens (tertiary/aromatic N) is 3. The van der Waals surface area contributed by atoms with Crippen LogP contribution in [0.1, 0.15) is 0 Å². The lowest BCUT2D eigenvalue weighted by atomic mass is 9.99. The van der Waals surface area contributed by atoms with Crippen molar-refractivity contribution in [2.24, 2.45) is 0 Å². The Bertz CT molecular complexity index is 1970. The molecule has 2 aromatic heterocycles. The second-order valence-corrected chi connectivity index (χ2v) is 9.95. The molecular formula is C35H22ClN3. The predicted octanol–water partition coefficient (Wildman–Crippen LogP) is 9.50. The molecule has 0 saturated carbocycles. The highest BCUT2D eigenvalue weighted by atomic mass is 35.5. The Labute approximate surface area is 231 Å². The van der Waals surface area contributed by atoms with Gasteiger partial charge in [-0.2, -0.15) is 0 Å². The van der Waals surface area contributed by atoms with Gasteiger partial charge in [-0.1, -0.05) is 96.5 Å². The van der Waals surface area contributed by atoms with Crippen molar-refractivity contribution >= 4 is 33.1 Å². The Morgan fingerprint density at radius 3 is 2.03 bits per heavy atom. The molecule has 0 spiro atoms. The zero-order chi connectivity index (χ0) is 26.2. The average Bonchev–Trinajstić information content (AvgIpc) is 3.01. The highest BCUT2D eigenvalue weighted by Gasteiger charge is 2.13. The van der Waals surface area contributed by atoms with Crippen molar-refractivity contribution in [3.63, 3.8) is 0 Å². The summed E-state index contributed by atoms with van der Waals surface area (Å²) in [6.45, 7) is 0. The third-order valence-electron chi connectivity index (χ3n) is 7.02. The predicted molar refractivity (Wildman–Crippen MR) is 162 cm³/mol. The van der Waals surface area contributed by atoms with Gasteiger partial charge in [0.25, 0.3) is 0 Å². The second kappa shape index (κ2) is 9.79. The van der Waals surface area contributed by atoms with Gasteiger partial charge in [-0.15, -0.1) is 0 Å². The van der Waals surface area contributed by atoms with E-state index in [1.807, 2.05) is 42.6 Å². The zero-order valence-corrected chi connectivity index (χ0v) is 21.7. The molecule has 0 bridgehead atoms. The molecule has 0 fully saturated rings. The SMILES string of the molecule is Clc1ccc(-c2cc(-c3cccc(-c4cccnc4)c3)nc(-c3ccc4c(ccc5ccccc54)c3)n2)cc1. The van der Waals surface area contributed by atoms with Crippen LogP contribution in [0.2, 0.25) is 5.02 Å². The van der Waals surface area contributed by atoms with E-state index in [4.69, 9.17) is 21.6 Å². The van der Waals surface area contributed by atoms with Gasteiger partial charge in [0.15, 0.2) is 5.82 Å². The van der Waals surface area contributed by atoms with Gasteiger partial charge in [0.05, 0.1) is 11.4 Å². The summed E-state index contributed by atoms with van der Waals surface area (Å²) in [7, 11) is 0. The number of benzene rings is 5. The lowest BCUT2D eigenvalue weighted by Gasteiger charge is -2.11. The van der Waals surface area contributed by atoms with Crippen LogP contribution in [0.3, 0.4) is 0 Å². The molecule has 0 atom stereocenters. The molecule has 0 aliphatic heterocycles. The van der Waals surface area contributed by atoms with Gasteiger partial charge in [0, 0.05) is 39.7 Å². The Balaban J connectivity index is 1.40. The van der Waals surface area contributed by atoms with E-state index in [1.54, 1.807) is 6.20 Å². The van der Waals surface area contributed by atoms with Crippen LogP contribution in [0.15, 0.2) is 134 Å². The highest BCUT2D eigenvalue weighted by molar-refractivity contribution is 6.30. The minimum atomic E-state index is 0.680. The molecule has 7 aromatic rings. The van der Waals surface area contributed by atoms with Gasteiger partial charge in [-0.05, 0) is 63.5 Å². The van der Waals surface area contributed by atoms with Crippen LogP contribution >= 0.6 is 11.6 Å². The van der Waals surface area contributed by atoms with Gasteiger partial charge in [-0.3, -0.25) is 4.98 Å². The quantitative estimate of drug-likeness (QED) is 0.217. The summed E-state index contributed by atoms with van der Waals surface area (Å²) in [5.74, 6) is 0.680. The summed E-state index contributed by atoms with van der Waals surface area (Å²) >= 11 is 6.19. The van der Waals surface area contributed by atoms with Crippen LogP contribution in [0.5, 0.6) is 0 Å². The molecule has 5 aromatic carbocycles. The first kappa shape index (κ1) is 23.3. The molecule has 0 N–H and O–H groups in total. The minimum Gasteiger partial charge on any atom is -0.264 e. The zero-order valence-electron chi connectivity index (χ0n) is 20.9. The molecule has 0 aliphatic rings. The molecule has 0 radical (unpaired) electrons. The Morgan fingerprint density at radius 2 is 1.18 bits per heavy atom. The molecule has 7 rings (SSSR count). The standard InChI is InChI=1S/C35H22ClN3/c36-30-15-12-24(13-16-30)33-21-34(27-7-3-6-25(19-27)29-8-4-18-37-22-29)39-35(38-33)28-14-17-32-26(20-28)11-10-23-5-1-2-9-31(23)32/h1-22H. The first-order valence-corrected chi connectivity index (χ1v) is 13.2. The van der Waals surface area contributed by atoms with Crippen LogP contribution in [-0.2, 0) is 0 Å². The summed E-state index contributed by atoms with van der Waals surface area (Å²) in [6, 6.07) is 41.5. The lowest BCUT2D eigenvalue weighted by molar-refractivity contribution is 1.18. The van der Waals surface area contributed by atoms with Crippen LogP contribution in [-0.4, -0.2) is 15.0 Å². The van der Waals surface area contributed by atoms with Crippen molar-refractivity contribution in [1.29, 1.82) is 0 Å². The van der Waals surface area contributed by atoms with Gasteiger partial charge >= 0.3 is 0 Å². The fourth-order valence-corrected chi connectivity index (χ4v) is 5.16. The minimum absolute atomic E-state index is 0.680. The number of pyridine rings is 1. The monoisotopic (exact) mass is 519 g/mol. The van der Waals surface area contributed by atoms with Crippen molar-refractivity contribution in [3.8, 4) is 45.0 Å². The molecule has 0 saturated heterocycles. The molecule has 0 unspecified atom stereocenters. The molecule has 4 heteroatoms. The molecule has 39 heavy (non-hydrogen) atoms. The van der Waals surface area contributed by atoms with E-state index in [1.165, 1.54) is 16.2 Å². The Hall–Kier alpha value is -4.86. The Morgan fingerprint density at radius 1 is 0.462 bits per heavy atom. The second-order valence-electron chi connectivity index (χ2n) is 9.51. The van der Waals surface area contributed by atoms with Crippen molar-refractivity contribution in [3.05, 3.63) is 139 Å². The number of hydrogen-bond acceptors (Lipinski definition) is 3. The maximum atomic E-state index is 6.19. The van der Waals surface area contributed by atoms with Crippen LogP contribution in [0, 0.1) is 0 Å². The number of aromatic nitrogens is 3. The number of fused-ring (bicyclic) bond motifs is 3. The molecule has 3 nitrogen and oxygen atoms in total. The molecular weight excluding hydrogens is 498 g/mol. The molecule has 0 amide bonds. The van der Waals surface area contributed by atoms with Gasteiger partial charge < -0.3 is 0 Å². The number of rotatable bonds is 4. The molecule has 184 valence electrons. The van der Waals surface area contributed by atoms with E-state index in [2.05, 4.69) is 89.9 Å². The number of hydrogen-bond donors (Lipinski definition) is 0. The molecule has 0 aliphatic carbocycles. The summed E-state index contributed by atoms with van der Waals surface area (Å²) in [6.07, 6.45) is 3.66.